The van der Waals surface area contributed by atoms with Crippen molar-refractivity contribution in [2.45, 2.75) is 24.9 Å². The highest BCUT2D eigenvalue weighted by Gasteiger charge is 2.36. The Morgan fingerprint density at radius 1 is 0.975 bits per heavy atom. The van der Waals surface area contributed by atoms with E-state index in [9.17, 15) is 26.8 Å². The molecule has 5 aromatic rings. The van der Waals surface area contributed by atoms with Crippen molar-refractivity contribution in [3.8, 4) is 0 Å². The van der Waals surface area contributed by atoms with E-state index in [1.54, 1.807) is 18.2 Å². The molecule has 0 radical (unpaired) electrons. The molecule has 0 spiro atoms. The summed E-state index contributed by atoms with van der Waals surface area (Å²) in [6.07, 6.45) is 0. The second kappa shape index (κ2) is 9.27. The van der Waals surface area contributed by atoms with Crippen molar-refractivity contribution >= 4 is 43.7 Å². The molecule has 4 aromatic carbocycles. The van der Waals surface area contributed by atoms with Gasteiger partial charge in [-0.1, -0.05) is 29.8 Å². The highest BCUT2D eigenvalue weighted by atomic mass is 32.2. The SMILES string of the molecule is COC(=O)c1cc2c(c3c4cc(F)ccc4n(S(=O)(=O)c4ccc(C)cc4)c13)C(=O)N(Cc1cccc(F)c1)C2. The fraction of sp³-hybridized carbons (Fsp3) is 0.133. The first-order chi connectivity index (χ1) is 19.1. The van der Waals surface area contributed by atoms with Crippen LogP contribution in [0.5, 0.6) is 0 Å². The van der Waals surface area contributed by atoms with Gasteiger partial charge in [-0.25, -0.2) is 26.0 Å². The average molecular weight is 561 g/mol. The van der Waals surface area contributed by atoms with Gasteiger partial charge in [0.2, 0.25) is 0 Å². The zero-order chi connectivity index (χ0) is 28.3. The molecule has 7 nitrogen and oxygen atoms in total. The van der Waals surface area contributed by atoms with Crippen LogP contribution < -0.4 is 0 Å². The molecule has 1 amide bonds. The third-order valence-electron chi connectivity index (χ3n) is 7.12. The normalized spacial score (nSPS) is 13.3. The first-order valence-electron chi connectivity index (χ1n) is 12.3. The molecule has 1 aromatic heterocycles. The minimum atomic E-state index is -4.32. The Hall–Kier alpha value is -4.57. The van der Waals surface area contributed by atoms with Crippen LogP contribution in [0.2, 0.25) is 0 Å². The highest BCUT2D eigenvalue weighted by Crippen LogP contribution is 2.41. The monoisotopic (exact) mass is 560 g/mol. The smallest absolute Gasteiger partial charge is 0.340 e. The van der Waals surface area contributed by atoms with Crippen LogP contribution in [0.4, 0.5) is 8.78 Å². The second-order valence-electron chi connectivity index (χ2n) is 9.71. The van der Waals surface area contributed by atoms with Crippen LogP contribution in [0.25, 0.3) is 21.8 Å². The molecule has 6 rings (SSSR count). The summed E-state index contributed by atoms with van der Waals surface area (Å²) in [5.41, 5.74) is 1.96. The first-order valence-corrected chi connectivity index (χ1v) is 13.8. The Morgan fingerprint density at radius 3 is 2.40 bits per heavy atom. The molecule has 0 unspecified atom stereocenters. The van der Waals surface area contributed by atoms with Crippen LogP contribution >= 0.6 is 0 Å². The van der Waals surface area contributed by atoms with E-state index in [1.807, 2.05) is 6.92 Å². The fourth-order valence-electron chi connectivity index (χ4n) is 5.33. The molecule has 202 valence electrons. The second-order valence-corrected chi connectivity index (χ2v) is 11.5. The number of amides is 1. The predicted molar refractivity (Wildman–Crippen MR) is 144 cm³/mol. The van der Waals surface area contributed by atoms with Crippen LogP contribution in [0.1, 0.15) is 37.4 Å². The molecule has 1 aliphatic rings. The summed E-state index contributed by atoms with van der Waals surface area (Å²) in [6, 6.07) is 17.1. The van der Waals surface area contributed by atoms with E-state index in [0.717, 1.165) is 21.7 Å². The Labute approximate surface area is 228 Å². The van der Waals surface area contributed by atoms with Crippen LogP contribution in [-0.2, 0) is 27.8 Å². The van der Waals surface area contributed by atoms with Crippen LogP contribution in [0, 0.1) is 18.6 Å². The molecule has 0 saturated heterocycles. The molecule has 40 heavy (non-hydrogen) atoms. The minimum Gasteiger partial charge on any atom is -0.465 e. The summed E-state index contributed by atoms with van der Waals surface area (Å²) >= 11 is 0. The number of carbonyl (C=O) groups excluding carboxylic acids is 2. The van der Waals surface area contributed by atoms with Gasteiger partial charge in [0.15, 0.2) is 0 Å². The van der Waals surface area contributed by atoms with Crippen molar-refractivity contribution in [3.63, 3.8) is 0 Å². The molecule has 0 bridgehead atoms. The number of halogens is 2. The summed E-state index contributed by atoms with van der Waals surface area (Å²) in [7, 11) is -3.15. The van der Waals surface area contributed by atoms with E-state index in [2.05, 4.69) is 0 Å². The maximum Gasteiger partial charge on any atom is 0.340 e. The van der Waals surface area contributed by atoms with Gasteiger partial charge in [-0.05, 0) is 66.6 Å². The standard InChI is InChI=1S/C30H22F2N2O5S/c1-17-6-9-22(10-7-17)40(37,38)34-25-11-8-21(32)14-23(25)27-26-19(13-24(28(27)34)30(36)39-2)16-33(29(26)35)15-18-4-3-5-20(31)12-18/h3-14H,15-16H2,1-2H3. The Morgan fingerprint density at radius 2 is 1.70 bits per heavy atom. The average Bonchev–Trinajstić information content (AvgIpc) is 3.42. The lowest BCUT2D eigenvalue weighted by atomic mass is 9.98. The summed E-state index contributed by atoms with van der Waals surface area (Å²) in [5, 5.41) is 0.295. The van der Waals surface area contributed by atoms with Crippen molar-refractivity contribution in [2.24, 2.45) is 0 Å². The number of hydrogen-bond donors (Lipinski definition) is 0. The molecule has 0 aliphatic carbocycles. The van der Waals surface area contributed by atoms with E-state index >= 15 is 0 Å². The van der Waals surface area contributed by atoms with E-state index in [0.29, 0.717) is 11.1 Å². The van der Waals surface area contributed by atoms with Gasteiger partial charge in [-0.15, -0.1) is 0 Å². The number of methoxy groups -OCH3 is 1. The van der Waals surface area contributed by atoms with E-state index in [1.165, 1.54) is 54.5 Å². The zero-order valence-electron chi connectivity index (χ0n) is 21.4. The van der Waals surface area contributed by atoms with Gasteiger partial charge in [-0.2, -0.15) is 0 Å². The van der Waals surface area contributed by atoms with Crippen LogP contribution in [0.15, 0.2) is 77.7 Å². The lowest BCUT2D eigenvalue weighted by Crippen LogP contribution is -2.23. The molecular formula is C30H22F2N2O5S. The number of ether oxygens (including phenoxy) is 1. The highest BCUT2D eigenvalue weighted by molar-refractivity contribution is 7.90. The summed E-state index contributed by atoms with van der Waals surface area (Å²) in [6.45, 7) is 1.98. The van der Waals surface area contributed by atoms with Gasteiger partial charge >= 0.3 is 5.97 Å². The lowest BCUT2D eigenvalue weighted by molar-refractivity contribution is 0.0602. The van der Waals surface area contributed by atoms with Crippen molar-refractivity contribution in [1.82, 2.24) is 8.87 Å². The number of aryl methyl sites for hydroxylation is 1. The summed E-state index contributed by atoms with van der Waals surface area (Å²) < 4.78 is 62.6. The van der Waals surface area contributed by atoms with E-state index in [-0.39, 0.29) is 50.9 Å². The molecule has 0 N–H and O–H groups in total. The number of hydrogen-bond acceptors (Lipinski definition) is 5. The van der Waals surface area contributed by atoms with Crippen molar-refractivity contribution < 1.29 is 31.5 Å². The Balaban J connectivity index is 1.67. The molecule has 0 atom stereocenters. The summed E-state index contributed by atoms with van der Waals surface area (Å²) in [4.78, 5) is 28.3. The third kappa shape index (κ3) is 3.94. The van der Waals surface area contributed by atoms with Crippen molar-refractivity contribution in [1.29, 1.82) is 0 Å². The topological polar surface area (TPSA) is 85.7 Å². The third-order valence-corrected chi connectivity index (χ3v) is 8.85. The number of carbonyl (C=O) groups is 2. The number of nitrogens with zero attached hydrogens (tertiary/aromatic N) is 2. The quantitative estimate of drug-likeness (QED) is 0.263. The van der Waals surface area contributed by atoms with E-state index < -0.39 is 33.5 Å². The predicted octanol–water partition coefficient (Wildman–Crippen LogP) is 5.56. The van der Waals surface area contributed by atoms with Gasteiger partial charge in [-0.3, -0.25) is 4.79 Å². The van der Waals surface area contributed by atoms with Gasteiger partial charge < -0.3 is 9.64 Å². The lowest BCUT2D eigenvalue weighted by Gasteiger charge is -2.15. The van der Waals surface area contributed by atoms with E-state index in [4.69, 9.17) is 4.74 Å². The maximum absolute atomic E-state index is 14.6. The molecule has 0 fully saturated rings. The molecule has 10 heteroatoms. The largest absolute Gasteiger partial charge is 0.465 e. The van der Waals surface area contributed by atoms with Gasteiger partial charge in [0.25, 0.3) is 15.9 Å². The minimum absolute atomic E-state index is 0.0448. The Bertz CT molecular complexity index is 1980. The van der Waals surface area contributed by atoms with Gasteiger partial charge in [0.1, 0.15) is 11.6 Å². The van der Waals surface area contributed by atoms with Crippen molar-refractivity contribution in [2.75, 3.05) is 7.11 Å². The van der Waals surface area contributed by atoms with Gasteiger partial charge in [0.05, 0.1) is 34.2 Å². The summed E-state index contributed by atoms with van der Waals surface area (Å²) in [5.74, 6) is -2.35. The number of benzene rings is 4. The van der Waals surface area contributed by atoms with Crippen molar-refractivity contribution in [3.05, 3.63) is 112 Å². The molecule has 1 aliphatic heterocycles. The molecule has 0 saturated carbocycles. The number of fused-ring (bicyclic) bond motifs is 5. The van der Waals surface area contributed by atoms with Crippen LogP contribution in [0.3, 0.4) is 0 Å². The Kier molecular flexibility index (Phi) is 5.95. The number of aromatic nitrogens is 1. The molecule has 2 heterocycles. The molecular weight excluding hydrogens is 538 g/mol. The first kappa shape index (κ1) is 25.7. The number of esters is 1. The number of rotatable bonds is 5. The van der Waals surface area contributed by atoms with Gasteiger partial charge in [0, 0.05) is 23.9 Å². The van der Waals surface area contributed by atoms with Crippen LogP contribution in [-0.4, -0.2) is 36.3 Å². The zero-order valence-corrected chi connectivity index (χ0v) is 22.3. The maximum atomic E-state index is 14.6. The fourth-order valence-corrected chi connectivity index (χ4v) is 6.87.